The van der Waals surface area contributed by atoms with Gasteiger partial charge in [-0.2, -0.15) is 0 Å². The van der Waals surface area contributed by atoms with E-state index in [1.54, 1.807) is 18.2 Å². The number of carbonyl (C=O) groups excluding carboxylic acids is 1. The summed E-state index contributed by atoms with van der Waals surface area (Å²) in [7, 11) is 0. The van der Waals surface area contributed by atoms with Gasteiger partial charge < -0.3 is 15.2 Å². The monoisotopic (exact) mass is 375 g/mol. The van der Waals surface area contributed by atoms with Crippen molar-refractivity contribution >= 4 is 39.4 Å². The Balaban J connectivity index is 2.06. The zero-order valence-corrected chi connectivity index (χ0v) is 13.5. The summed E-state index contributed by atoms with van der Waals surface area (Å²) >= 11 is 9.27. The maximum Gasteiger partial charge on any atom is 0.326 e. The molecular weight excluding hydrogens is 362 g/mol. The van der Waals surface area contributed by atoms with Crippen LogP contribution in [-0.4, -0.2) is 36.2 Å². The van der Waals surface area contributed by atoms with E-state index < -0.39 is 12.0 Å². The van der Waals surface area contributed by atoms with Crippen LogP contribution in [0.1, 0.15) is 12.0 Å². The zero-order chi connectivity index (χ0) is 15.4. The molecule has 0 unspecified atom stereocenters. The number of carbonyl (C=O) groups is 2. The molecule has 2 N–H and O–H groups in total. The third-order valence-electron chi connectivity index (χ3n) is 3.35. The van der Waals surface area contributed by atoms with Crippen LogP contribution < -0.4 is 5.32 Å². The van der Waals surface area contributed by atoms with Crippen LogP contribution in [0.25, 0.3) is 0 Å². The molecule has 2 rings (SSSR count). The first-order valence-electron chi connectivity index (χ1n) is 6.52. The third kappa shape index (κ3) is 4.43. The van der Waals surface area contributed by atoms with Gasteiger partial charge in [0.2, 0.25) is 5.91 Å². The first-order valence-corrected chi connectivity index (χ1v) is 7.69. The highest BCUT2D eigenvalue weighted by Gasteiger charge is 2.28. The van der Waals surface area contributed by atoms with Crippen LogP contribution in [-0.2, 0) is 20.7 Å². The van der Waals surface area contributed by atoms with Gasteiger partial charge in [-0.3, -0.25) is 4.79 Å². The molecule has 1 amide bonds. The average Bonchev–Trinajstić information content (AvgIpc) is 2.96. The Bertz CT molecular complexity index is 546. The molecule has 114 valence electrons. The fourth-order valence-electron chi connectivity index (χ4n) is 2.15. The molecule has 2 atom stereocenters. The van der Waals surface area contributed by atoms with E-state index in [-0.39, 0.29) is 18.2 Å². The van der Waals surface area contributed by atoms with Crippen molar-refractivity contribution in [2.45, 2.75) is 18.9 Å². The molecule has 5 nitrogen and oxygen atoms in total. The van der Waals surface area contributed by atoms with Crippen molar-refractivity contribution in [2.24, 2.45) is 5.92 Å². The first kappa shape index (κ1) is 16.3. The summed E-state index contributed by atoms with van der Waals surface area (Å²) in [5, 5.41) is 12.4. The summed E-state index contributed by atoms with van der Waals surface area (Å²) in [5.41, 5.74) is 0.734. The number of hydrogen-bond donors (Lipinski definition) is 2. The number of benzene rings is 1. The Morgan fingerprint density at radius 1 is 1.52 bits per heavy atom. The minimum atomic E-state index is -1.07. The Hall–Kier alpha value is -1.11. The topological polar surface area (TPSA) is 75.6 Å². The highest BCUT2D eigenvalue weighted by molar-refractivity contribution is 9.10. The molecule has 0 saturated carbocycles. The number of amides is 1. The third-order valence-corrected chi connectivity index (χ3v) is 4.36. The van der Waals surface area contributed by atoms with E-state index in [1.165, 1.54) is 0 Å². The summed E-state index contributed by atoms with van der Waals surface area (Å²) in [6.07, 6.45) is 0.787. The number of aliphatic carboxylic acids is 1. The second-order valence-corrected chi connectivity index (χ2v) is 6.19. The molecule has 1 heterocycles. The van der Waals surface area contributed by atoms with Gasteiger partial charge in [-0.1, -0.05) is 27.5 Å². The van der Waals surface area contributed by atoms with Crippen molar-refractivity contribution in [3.8, 4) is 0 Å². The smallest absolute Gasteiger partial charge is 0.326 e. The fourth-order valence-corrected chi connectivity index (χ4v) is 2.75. The molecule has 1 aliphatic heterocycles. The number of carboxylic acids is 1. The second kappa shape index (κ2) is 7.24. The van der Waals surface area contributed by atoms with Crippen molar-refractivity contribution in [3.05, 3.63) is 33.3 Å². The summed E-state index contributed by atoms with van der Waals surface area (Å²) < 4.78 is 5.90. The average molecular weight is 377 g/mol. The van der Waals surface area contributed by atoms with Crippen LogP contribution in [0, 0.1) is 5.92 Å². The summed E-state index contributed by atoms with van der Waals surface area (Å²) in [4.78, 5) is 23.4. The molecule has 1 aliphatic rings. The van der Waals surface area contributed by atoms with Gasteiger partial charge in [0.1, 0.15) is 6.04 Å². The summed E-state index contributed by atoms with van der Waals surface area (Å²) in [6.45, 7) is 0.884. The van der Waals surface area contributed by atoms with Crippen LogP contribution in [0.4, 0.5) is 0 Å². The first-order chi connectivity index (χ1) is 9.97. The minimum Gasteiger partial charge on any atom is -0.480 e. The maximum absolute atomic E-state index is 12.0. The Labute approximate surface area is 135 Å². The van der Waals surface area contributed by atoms with E-state index in [9.17, 15) is 14.7 Å². The van der Waals surface area contributed by atoms with E-state index in [0.29, 0.717) is 24.7 Å². The van der Waals surface area contributed by atoms with Crippen LogP contribution in [0.5, 0.6) is 0 Å². The zero-order valence-electron chi connectivity index (χ0n) is 11.1. The van der Waals surface area contributed by atoms with Crippen LogP contribution in [0.3, 0.4) is 0 Å². The fraction of sp³-hybridized carbons (Fsp3) is 0.429. The van der Waals surface area contributed by atoms with Crippen LogP contribution >= 0.6 is 27.5 Å². The number of nitrogens with one attached hydrogen (secondary N) is 1. The van der Waals surface area contributed by atoms with Crippen LogP contribution in [0.15, 0.2) is 22.7 Å². The van der Waals surface area contributed by atoms with Gasteiger partial charge >= 0.3 is 5.97 Å². The van der Waals surface area contributed by atoms with Gasteiger partial charge in [-0.05, 0) is 30.2 Å². The molecular formula is C14H15BrClNO4. The second-order valence-electron chi connectivity index (χ2n) is 4.90. The molecule has 0 spiro atoms. The minimum absolute atomic E-state index is 0.162. The van der Waals surface area contributed by atoms with Crippen molar-refractivity contribution in [1.29, 1.82) is 0 Å². The molecule has 0 radical (unpaired) electrons. The van der Waals surface area contributed by atoms with Crippen LogP contribution in [0.2, 0.25) is 5.02 Å². The number of carboxylic acid groups (broad SMARTS) is 1. The standard InChI is InChI=1S/C14H15BrClNO4/c15-11-2-1-10(16)5-9(11)6-12(14(19)20)17-13(18)8-3-4-21-7-8/h1-2,5,8,12H,3-4,6-7H2,(H,17,18)(H,19,20)/t8-,12-/m1/s1. The molecule has 21 heavy (non-hydrogen) atoms. The predicted octanol–water partition coefficient (Wildman–Crippen LogP) is 2.25. The molecule has 0 aromatic heterocycles. The highest BCUT2D eigenvalue weighted by Crippen LogP contribution is 2.23. The van der Waals surface area contributed by atoms with Gasteiger partial charge in [0.15, 0.2) is 0 Å². The molecule has 1 fully saturated rings. The Kier molecular flexibility index (Phi) is 5.61. The lowest BCUT2D eigenvalue weighted by molar-refractivity contribution is -0.142. The molecule has 0 aliphatic carbocycles. The Morgan fingerprint density at radius 2 is 2.29 bits per heavy atom. The molecule has 1 aromatic rings. The molecule has 1 saturated heterocycles. The summed E-state index contributed by atoms with van der Waals surface area (Å²) in [5.74, 6) is -1.62. The van der Waals surface area contributed by atoms with Crippen molar-refractivity contribution in [3.63, 3.8) is 0 Å². The van der Waals surface area contributed by atoms with E-state index in [1.807, 2.05) is 0 Å². The number of halogens is 2. The Morgan fingerprint density at radius 3 is 2.90 bits per heavy atom. The lowest BCUT2D eigenvalue weighted by atomic mass is 10.0. The van der Waals surface area contributed by atoms with E-state index >= 15 is 0 Å². The van der Waals surface area contributed by atoms with E-state index in [0.717, 1.165) is 10.0 Å². The number of ether oxygens (including phenoxy) is 1. The number of hydrogen-bond acceptors (Lipinski definition) is 3. The molecule has 0 bridgehead atoms. The van der Waals surface area contributed by atoms with E-state index in [4.69, 9.17) is 16.3 Å². The summed E-state index contributed by atoms with van der Waals surface area (Å²) in [6, 6.07) is 4.16. The number of rotatable bonds is 5. The predicted molar refractivity (Wildman–Crippen MR) is 81.3 cm³/mol. The normalized spacial score (nSPS) is 19.2. The SMILES string of the molecule is O=C(N[C@H](Cc1cc(Cl)ccc1Br)C(=O)O)[C@@H]1CCOC1. The molecule has 7 heteroatoms. The van der Waals surface area contributed by atoms with Gasteiger partial charge in [0.25, 0.3) is 0 Å². The molecule has 1 aromatic carbocycles. The van der Waals surface area contributed by atoms with Gasteiger partial charge in [-0.15, -0.1) is 0 Å². The maximum atomic E-state index is 12.0. The lowest BCUT2D eigenvalue weighted by Gasteiger charge is -2.17. The van der Waals surface area contributed by atoms with Gasteiger partial charge in [0, 0.05) is 22.5 Å². The largest absolute Gasteiger partial charge is 0.480 e. The van der Waals surface area contributed by atoms with Gasteiger partial charge in [-0.25, -0.2) is 4.79 Å². The van der Waals surface area contributed by atoms with Crippen molar-refractivity contribution in [2.75, 3.05) is 13.2 Å². The lowest BCUT2D eigenvalue weighted by Crippen LogP contribution is -2.45. The van der Waals surface area contributed by atoms with Crippen molar-refractivity contribution < 1.29 is 19.4 Å². The highest BCUT2D eigenvalue weighted by atomic mass is 79.9. The van der Waals surface area contributed by atoms with Gasteiger partial charge in [0.05, 0.1) is 12.5 Å². The van der Waals surface area contributed by atoms with Crippen molar-refractivity contribution in [1.82, 2.24) is 5.32 Å². The quantitative estimate of drug-likeness (QED) is 0.826. The van der Waals surface area contributed by atoms with E-state index in [2.05, 4.69) is 21.2 Å².